The van der Waals surface area contributed by atoms with Gasteiger partial charge >= 0.3 is 0 Å². The maximum Gasteiger partial charge on any atom is 0.265 e. The molecule has 0 unspecified atom stereocenters. The van der Waals surface area contributed by atoms with Gasteiger partial charge in [-0.15, -0.1) is 0 Å². The molecule has 5 nitrogen and oxygen atoms in total. The smallest absolute Gasteiger partial charge is 0.265 e. The molecule has 0 aliphatic heterocycles. The van der Waals surface area contributed by atoms with Crippen LogP contribution < -0.4 is 15.4 Å². The van der Waals surface area contributed by atoms with E-state index >= 15 is 0 Å². The number of anilines is 1. The van der Waals surface area contributed by atoms with Crippen LogP contribution in [-0.2, 0) is 11.2 Å². The predicted octanol–water partition coefficient (Wildman–Crippen LogP) is 5.22. The molecule has 0 aliphatic carbocycles. The molecule has 1 atom stereocenters. The van der Waals surface area contributed by atoms with Gasteiger partial charge in [0.1, 0.15) is 5.75 Å². The standard InChI is InChI=1S/C28H26N2O3/c1-20(33-26-17-9-13-22-12-5-6-14-23(22)26)27(31)30-25-16-8-7-15-24(25)28(32)29-19-18-21-10-3-2-4-11-21/h2-17,20H,18-19H2,1H3,(H,29,32)(H,30,31)/t20-/m1/s1. The molecule has 5 heteroatoms. The first-order valence-electron chi connectivity index (χ1n) is 11.0. The van der Waals surface area contributed by atoms with Crippen LogP contribution in [0.1, 0.15) is 22.8 Å². The van der Waals surface area contributed by atoms with E-state index in [0.29, 0.717) is 23.5 Å². The largest absolute Gasteiger partial charge is 0.480 e. The summed E-state index contributed by atoms with van der Waals surface area (Å²) in [6.45, 7) is 2.20. The molecule has 4 rings (SSSR count). The van der Waals surface area contributed by atoms with Crippen molar-refractivity contribution in [2.45, 2.75) is 19.4 Å². The number of nitrogens with one attached hydrogen (secondary N) is 2. The molecule has 2 amide bonds. The first kappa shape index (κ1) is 22.1. The second kappa shape index (κ2) is 10.5. The van der Waals surface area contributed by atoms with E-state index in [1.54, 1.807) is 31.2 Å². The second-order valence-corrected chi connectivity index (χ2v) is 7.76. The molecule has 2 N–H and O–H groups in total. The van der Waals surface area contributed by atoms with Crippen LogP contribution in [0.25, 0.3) is 10.8 Å². The molecule has 0 saturated carbocycles. The number of fused-ring (bicyclic) bond motifs is 1. The van der Waals surface area contributed by atoms with Crippen molar-refractivity contribution < 1.29 is 14.3 Å². The molecule has 0 heterocycles. The van der Waals surface area contributed by atoms with E-state index < -0.39 is 6.10 Å². The van der Waals surface area contributed by atoms with E-state index in [4.69, 9.17) is 4.74 Å². The Morgan fingerprint density at radius 2 is 1.52 bits per heavy atom. The van der Waals surface area contributed by atoms with Gasteiger partial charge in [0.25, 0.3) is 11.8 Å². The van der Waals surface area contributed by atoms with E-state index in [9.17, 15) is 9.59 Å². The molecule has 4 aromatic rings. The van der Waals surface area contributed by atoms with Crippen molar-refractivity contribution in [1.82, 2.24) is 5.32 Å². The van der Waals surface area contributed by atoms with Crippen LogP contribution in [-0.4, -0.2) is 24.5 Å². The van der Waals surface area contributed by atoms with E-state index in [1.165, 1.54) is 0 Å². The molecular formula is C28H26N2O3. The lowest BCUT2D eigenvalue weighted by Crippen LogP contribution is -2.32. The van der Waals surface area contributed by atoms with Crippen molar-refractivity contribution in [1.29, 1.82) is 0 Å². The molecule has 0 bridgehead atoms. The molecule has 33 heavy (non-hydrogen) atoms. The summed E-state index contributed by atoms with van der Waals surface area (Å²) < 4.78 is 5.96. The van der Waals surface area contributed by atoms with Gasteiger partial charge in [-0.05, 0) is 42.5 Å². The summed E-state index contributed by atoms with van der Waals surface area (Å²) in [6.07, 6.45) is -0.0122. The van der Waals surface area contributed by atoms with E-state index in [-0.39, 0.29) is 11.8 Å². The Kier molecular flexibility index (Phi) is 7.00. The average Bonchev–Trinajstić information content (AvgIpc) is 2.85. The summed E-state index contributed by atoms with van der Waals surface area (Å²) in [5.41, 5.74) is 2.02. The first-order valence-corrected chi connectivity index (χ1v) is 11.0. The van der Waals surface area contributed by atoms with Crippen LogP contribution in [0.5, 0.6) is 5.75 Å². The number of para-hydroxylation sites is 1. The quantitative estimate of drug-likeness (QED) is 0.396. The van der Waals surface area contributed by atoms with Gasteiger partial charge in [0.05, 0.1) is 11.3 Å². The highest BCUT2D eigenvalue weighted by Crippen LogP contribution is 2.26. The first-order chi connectivity index (χ1) is 16.1. The Labute approximate surface area is 193 Å². The van der Waals surface area contributed by atoms with Gasteiger partial charge in [-0.3, -0.25) is 9.59 Å². The lowest BCUT2D eigenvalue weighted by Gasteiger charge is -2.17. The topological polar surface area (TPSA) is 67.4 Å². The molecule has 0 radical (unpaired) electrons. The number of amides is 2. The lowest BCUT2D eigenvalue weighted by atomic mass is 10.1. The average molecular weight is 439 g/mol. The third-order valence-electron chi connectivity index (χ3n) is 5.39. The molecule has 0 spiro atoms. The van der Waals surface area contributed by atoms with Crippen molar-refractivity contribution in [3.8, 4) is 5.75 Å². The third kappa shape index (κ3) is 5.57. The minimum Gasteiger partial charge on any atom is -0.480 e. The SMILES string of the molecule is C[C@@H](Oc1cccc2ccccc12)C(=O)Nc1ccccc1C(=O)NCCc1ccccc1. The maximum absolute atomic E-state index is 12.9. The highest BCUT2D eigenvalue weighted by atomic mass is 16.5. The highest BCUT2D eigenvalue weighted by Gasteiger charge is 2.19. The van der Waals surface area contributed by atoms with Gasteiger partial charge in [-0.25, -0.2) is 0 Å². The van der Waals surface area contributed by atoms with Crippen molar-refractivity contribution in [3.05, 3.63) is 108 Å². The zero-order valence-corrected chi connectivity index (χ0v) is 18.5. The fraction of sp³-hybridized carbons (Fsp3) is 0.143. The van der Waals surface area contributed by atoms with Crippen LogP contribution in [0.15, 0.2) is 97.1 Å². The number of benzene rings is 4. The lowest BCUT2D eigenvalue weighted by molar-refractivity contribution is -0.122. The van der Waals surface area contributed by atoms with Crippen molar-refractivity contribution in [3.63, 3.8) is 0 Å². The predicted molar refractivity (Wildman–Crippen MR) is 132 cm³/mol. The number of ether oxygens (including phenoxy) is 1. The monoisotopic (exact) mass is 438 g/mol. The molecular weight excluding hydrogens is 412 g/mol. The normalized spacial score (nSPS) is 11.5. The molecule has 0 aromatic heterocycles. The van der Waals surface area contributed by atoms with E-state index in [1.807, 2.05) is 72.8 Å². The summed E-state index contributed by atoms with van der Waals surface area (Å²) in [7, 11) is 0. The highest BCUT2D eigenvalue weighted by molar-refractivity contribution is 6.04. The van der Waals surface area contributed by atoms with Crippen LogP contribution in [0.4, 0.5) is 5.69 Å². The van der Waals surface area contributed by atoms with Crippen LogP contribution in [0.3, 0.4) is 0 Å². The van der Waals surface area contributed by atoms with Crippen LogP contribution in [0.2, 0.25) is 0 Å². The molecule has 0 saturated heterocycles. The molecule has 4 aromatic carbocycles. The van der Waals surface area contributed by atoms with Crippen molar-refractivity contribution in [2.75, 3.05) is 11.9 Å². The molecule has 0 aliphatic rings. The number of hydrogen-bond acceptors (Lipinski definition) is 3. The number of carbonyl (C=O) groups is 2. The van der Waals surface area contributed by atoms with Gasteiger partial charge in [-0.2, -0.15) is 0 Å². The van der Waals surface area contributed by atoms with Gasteiger partial charge in [0, 0.05) is 11.9 Å². The summed E-state index contributed by atoms with van der Waals surface area (Å²) in [5, 5.41) is 7.76. The number of hydrogen-bond donors (Lipinski definition) is 2. The van der Waals surface area contributed by atoms with E-state index in [0.717, 1.165) is 22.8 Å². The zero-order valence-electron chi connectivity index (χ0n) is 18.5. The zero-order chi connectivity index (χ0) is 23.0. The Morgan fingerprint density at radius 1 is 0.818 bits per heavy atom. The Hall–Kier alpha value is -4.12. The van der Waals surface area contributed by atoms with Gasteiger partial charge in [0.15, 0.2) is 6.10 Å². The molecule has 0 fully saturated rings. The van der Waals surface area contributed by atoms with Crippen LogP contribution in [0, 0.1) is 0 Å². The van der Waals surface area contributed by atoms with Gasteiger partial charge in [-0.1, -0.05) is 78.9 Å². The van der Waals surface area contributed by atoms with E-state index in [2.05, 4.69) is 10.6 Å². The summed E-state index contributed by atoms with van der Waals surface area (Å²) in [5.74, 6) is 0.0830. The Bertz CT molecular complexity index is 1250. The summed E-state index contributed by atoms with van der Waals surface area (Å²) in [6, 6.07) is 30.6. The summed E-state index contributed by atoms with van der Waals surface area (Å²) >= 11 is 0. The Morgan fingerprint density at radius 3 is 2.36 bits per heavy atom. The third-order valence-corrected chi connectivity index (χ3v) is 5.39. The fourth-order valence-electron chi connectivity index (χ4n) is 3.63. The Balaban J connectivity index is 1.40. The number of rotatable bonds is 8. The summed E-state index contributed by atoms with van der Waals surface area (Å²) in [4.78, 5) is 25.6. The molecule has 166 valence electrons. The minimum absolute atomic E-state index is 0.232. The van der Waals surface area contributed by atoms with Gasteiger partial charge in [0.2, 0.25) is 0 Å². The van der Waals surface area contributed by atoms with Crippen molar-refractivity contribution in [2.24, 2.45) is 0 Å². The minimum atomic E-state index is -0.745. The van der Waals surface area contributed by atoms with Crippen LogP contribution >= 0.6 is 0 Å². The maximum atomic E-state index is 12.9. The van der Waals surface area contributed by atoms with Crippen molar-refractivity contribution >= 4 is 28.3 Å². The van der Waals surface area contributed by atoms with Gasteiger partial charge < -0.3 is 15.4 Å². The number of carbonyl (C=O) groups excluding carboxylic acids is 2. The fourth-order valence-corrected chi connectivity index (χ4v) is 3.63. The second-order valence-electron chi connectivity index (χ2n) is 7.76.